The minimum atomic E-state index is -1.13. The second-order valence-corrected chi connectivity index (χ2v) is 6.09. The summed E-state index contributed by atoms with van der Waals surface area (Å²) in [4.78, 5) is 11.0. The lowest BCUT2D eigenvalue weighted by Gasteiger charge is -2.32. The molecule has 3 nitrogen and oxygen atoms in total. The van der Waals surface area contributed by atoms with Crippen molar-refractivity contribution < 1.29 is 14.3 Å². The number of aromatic carboxylic acids is 1. The highest BCUT2D eigenvalue weighted by molar-refractivity contribution is 9.10. The Kier molecular flexibility index (Phi) is 5.02. The normalized spacial score (nSPS) is 22.6. The van der Waals surface area contributed by atoms with E-state index in [1.54, 1.807) is 0 Å². The van der Waals surface area contributed by atoms with Gasteiger partial charge in [0.15, 0.2) is 5.82 Å². The standard InChI is InChI=1S/C15H19BrFNO2/c1-2-9-5-3-4-6-11(9)18-12-8-7-10(15(19)20)13(16)14(12)17/h7-9,11,18H,2-6H2,1H3,(H,19,20). The van der Waals surface area contributed by atoms with Crippen LogP contribution in [0.15, 0.2) is 16.6 Å². The van der Waals surface area contributed by atoms with Gasteiger partial charge in [-0.3, -0.25) is 0 Å². The van der Waals surface area contributed by atoms with Crippen LogP contribution in [0.2, 0.25) is 0 Å². The fraction of sp³-hybridized carbons (Fsp3) is 0.533. The van der Waals surface area contributed by atoms with E-state index in [1.807, 2.05) is 0 Å². The van der Waals surface area contributed by atoms with Gasteiger partial charge in [0.2, 0.25) is 0 Å². The van der Waals surface area contributed by atoms with Crippen LogP contribution in [0.25, 0.3) is 0 Å². The number of anilines is 1. The van der Waals surface area contributed by atoms with Crippen molar-refractivity contribution in [2.75, 3.05) is 5.32 Å². The summed E-state index contributed by atoms with van der Waals surface area (Å²) in [5, 5.41) is 12.2. The minimum absolute atomic E-state index is 0.0128. The molecule has 0 amide bonds. The van der Waals surface area contributed by atoms with Crippen LogP contribution in [-0.4, -0.2) is 17.1 Å². The summed E-state index contributed by atoms with van der Waals surface area (Å²) < 4.78 is 14.2. The van der Waals surface area contributed by atoms with Crippen LogP contribution < -0.4 is 5.32 Å². The summed E-state index contributed by atoms with van der Waals surface area (Å²) in [7, 11) is 0. The Hall–Kier alpha value is -1.10. The zero-order valence-electron chi connectivity index (χ0n) is 11.5. The summed E-state index contributed by atoms with van der Waals surface area (Å²) in [6.07, 6.45) is 5.68. The Balaban J connectivity index is 2.21. The number of halogens is 2. The summed E-state index contributed by atoms with van der Waals surface area (Å²) in [5.41, 5.74) is 0.330. The Labute approximate surface area is 126 Å². The summed E-state index contributed by atoms with van der Waals surface area (Å²) >= 11 is 3.03. The predicted molar refractivity (Wildman–Crippen MR) is 80.7 cm³/mol. The Bertz CT molecular complexity index is 507. The zero-order valence-corrected chi connectivity index (χ0v) is 13.0. The summed E-state index contributed by atoms with van der Waals surface area (Å²) in [6.45, 7) is 2.16. The Morgan fingerprint density at radius 2 is 2.15 bits per heavy atom. The molecule has 1 fully saturated rings. The van der Waals surface area contributed by atoms with E-state index < -0.39 is 11.8 Å². The predicted octanol–water partition coefficient (Wildman–Crippen LogP) is 4.67. The highest BCUT2D eigenvalue weighted by Gasteiger charge is 2.25. The first-order valence-corrected chi connectivity index (χ1v) is 7.81. The molecule has 0 radical (unpaired) electrons. The molecule has 2 unspecified atom stereocenters. The molecule has 0 spiro atoms. The molecule has 1 aliphatic rings. The van der Waals surface area contributed by atoms with Crippen LogP contribution in [0.5, 0.6) is 0 Å². The van der Waals surface area contributed by atoms with Gasteiger partial charge in [0, 0.05) is 6.04 Å². The minimum Gasteiger partial charge on any atom is -0.478 e. The summed E-state index contributed by atoms with van der Waals surface area (Å²) in [5.74, 6) is -1.10. The maximum Gasteiger partial charge on any atom is 0.336 e. The van der Waals surface area contributed by atoms with Gasteiger partial charge in [0.05, 0.1) is 15.7 Å². The molecule has 0 aromatic heterocycles. The fourth-order valence-electron chi connectivity index (χ4n) is 2.91. The lowest BCUT2D eigenvalue weighted by Crippen LogP contribution is -2.32. The molecule has 1 aromatic carbocycles. The molecular formula is C15H19BrFNO2. The van der Waals surface area contributed by atoms with Gasteiger partial charge < -0.3 is 10.4 Å². The molecular weight excluding hydrogens is 325 g/mol. The van der Waals surface area contributed by atoms with E-state index in [1.165, 1.54) is 25.0 Å². The zero-order chi connectivity index (χ0) is 14.7. The van der Waals surface area contributed by atoms with Crippen molar-refractivity contribution in [3.63, 3.8) is 0 Å². The lowest BCUT2D eigenvalue weighted by molar-refractivity contribution is 0.0695. The third kappa shape index (κ3) is 3.14. The average Bonchev–Trinajstić information content (AvgIpc) is 2.44. The molecule has 0 aliphatic heterocycles. The van der Waals surface area contributed by atoms with Crippen LogP contribution in [0.1, 0.15) is 49.4 Å². The molecule has 0 bridgehead atoms. The van der Waals surface area contributed by atoms with Crippen LogP contribution in [0.3, 0.4) is 0 Å². The fourth-order valence-corrected chi connectivity index (χ4v) is 3.43. The van der Waals surface area contributed by atoms with Gasteiger partial charge in [0.25, 0.3) is 0 Å². The van der Waals surface area contributed by atoms with Crippen molar-refractivity contribution in [2.24, 2.45) is 5.92 Å². The van der Waals surface area contributed by atoms with Crippen molar-refractivity contribution in [3.8, 4) is 0 Å². The third-order valence-corrected chi connectivity index (χ3v) is 4.86. The second kappa shape index (κ2) is 6.57. The first-order valence-electron chi connectivity index (χ1n) is 7.02. The van der Waals surface area contributed by atoms with Gasteiger partial charge in [-0.25, -0.2) is 9.18 Å². The molecule has 2 atom stereocenters. The largest absolute Gasteiger partial charge is 0.478 e. The first-order chi connectivity index (χ1) is 9.54. The highest BCUT2D eigenvalue weighted by atomic mass is 79.9. The monoisotopic (exact) mass is 343 g/mol. The van der Waals surface area contributed by atoms with E-state index in [2.05, 4.69) is 28.2 Å². The van der Waals surface area contributed by atoms with Gasteiger partial charge in [-0.1, -0.05) is 26.2 Å². The van der Waals surface area contributed by atoms with Crippen molar-refractivity contribution >= 4 is 27.6 Å². The topological polar surface area (TPSA) is 49.3 Å². The smallest absolute Gasteiger partial charge is 0.336 e. The molecule has 1 aromatic rings. The van der Waals surface area contributed by atoms with E-state index >= 15 is 0 Å². The number of carbonyl (C=O) groups is 1. The van der Waals surface area contributed by atoms with Crippen LogP contribution in [0, 0.1) is 11.7 Å². The van der Waals surface area contributed by atoms with E-state index in [-0.39, 0.29) is 16.1 Å². The van der Waals surface area contributed by atoms with Crippen molar-refractivity contribution in [3.05, 3.63) is 28.0 Å². The molecule has 20 heavy (non-hydrogen) atoms. The van der Waals surface area contributed by atoms with Gasteiger partial charge in [0.1, 0.15) is 0 Å². The van der Waals surface area contributed by atoms with Gasteiger partial charge >= 0.3 is 5.97 Å². The number of hydrogen-bond acceptors (Lipinski definition) is 2. The van der Waals surface area contributed by atoms with Gasteiger partial charge in [-0.2, -0.15) is 0 Å². The highest BCUT2D eigenvalue weighted by Crippen LogP contribution is 2.32. The molecule has 2 rings (SSSR count). The SMILES string of the molecule is CCC1CCCCC1Nc1ccc(C(=O)O)c(Br)c1F. The number of carboxylic acids is 1. The molecule has 110 valence electrons. The van der Waals surface area contributed by atoms with E-state index in [0.29, 0.717) is 11.6 Å². The van der Waals surface area contributed by atoms with Crippen LogP contribution in [-0.2, 0) is 0 Å². The first kappa shape index (κ1) is 15.3. The maximum atomic E-state index is 14.2. The van der Waals surface area contributed by atoms with E-state index in [0.717, 1.165) is 19.3 Å². The van der Waals surface area contributed by atoms with Crippen molar-refractivity contribution in [2.45, 2.75) is 45.1 Å². The van der Waals surface area contributed by atoms with E-state index in [4.69, 9.17) is 5.11 Å². The van der Waals surface area contributed by atoms with Crippen molar-refractivity contribution in [1.82, 2.24) is 0 Å². The Morgan fingerprint density at radius 3 is 2.80 bits per heavy atom. The molecule has 0 heterocycles. The number of rotatable bonds is 4. The quantitative estimate of drug-likeness (QED) is 0.835. The van der Waals surface area contributed by atoms with Crippen LogP contribution >= 0.6 is 15.9 Å². The summed E-state index contributed by atoms with van der Waals surface area (Å²) in [6, 6.07) is 3.22. The lowest BCUT2D eigenvalue weighted by atomic mass is 9.83. The second-order valence-electron chi connectivity index (χ2n) is 5.30. The molecule has 5 heteroatoms. The van der Waals surface area contributed by atoms with Crippen molar-refractivity contribution in [1.29, 1.82) is 0 Å². The number of benzene rings is 1. The number of carboxylic acid groups (broad SMARTS) is 1. The van der Waals surface area contributed by atoms with E-state index in [9.17, 15) is 9.18 Å². The molecule has 1 aliphatic carbocycles. The number of hydrogen-bond donors (Lipinski definition) is 2. The number of nitrogens with one attached hydrogen (secondary N) is 1. The van der Waals surface area contributed by atoms with Gasteiger partial charge in [-0.05, 0) is 46.8 Å². The molecule has 1 saturated carbocycles. The molecule has 2 N–H and O–H groups in total. The average molecular weight is 344 g/mol. The maximum absolute atomic E-state index is 14.2. The third-order valence-electron chi connectivity index (χ3n) is 4.09. The van der Waals surface area contributed by atoms with Gasteiger partial charge in [-0.15, -0.1) is 0 Å². The van der Waals surface area contributed by atoms with Crippen LogP contribution in [0.4, 0.5) is 10.1 Å². The Morgan fingerprint density at radius 1 is 1.45 bits per heavy atom. The molecule has 0 saturated heterocycles.